The van der Waals surface area contributed by atoms with Crippen LogP contribution in [-0.2, 0) is 16.0 Å². The van der Waals surface area contributed by atoms with E-state index in [0.29, 0.717) is 6.61 Å². The Bertz CT molecular complexity index is 478. The highest BCUT2D eigenvalue weighted by Gasteiger charge is 2.07. The van der Waals surface area contributed by atoms with Crippen molar-refractivity contribution in [2.45, 2.75) is 39.4 Å². The second-order valence-corrected chi connectivity index (χ2v) is 10.2. The van der Waals surface area contributed by atoms with Crippen LogP contribution in [0.4, 0.5) is 0 Å². The largest absolute Gasteiger partial charge is 0.466 e. The lowest BCUT2D eigenvalue weighted by atomic mass is 10.2. The van der Waals surface area contributed by atoms with Gasteiger partial charge in [-0.15, -0.1) is 5.54 Å². The van der Waals surface area contributed by atoms with Crippen molar-refractivity contribution >= 4 is 14.0 Å². The number of aryl methyl sites for hydroxylation is 1. The lowest BCUT2D eigenvalue weighted by molar-refractivity contribution is -0.141. The minimum absolute atomic E-state index is 0.232. The molecule has 3 nitrogen and oxygen atoms in total. The zero-order valence-electron chi connectivity index (χ0n) is 12.1. The van der Waals surface area contributed by atoms with Crippen molar-refractivity contribution in [3.8, 4) is 11.5 Å². The maximum absolute atomic E-state index is 10.6. The highest BCUT2D eigenvalue weighted by Crippen LogP contribution is 2.04. The smallest absolute Gasteiger partial charge is 0.302 e. The predicted molar refractivity (Wildman–Crippen MR) is 79.4 cm³/mol. The number of ether oxygens (including phenoxy) is 1. The topological polar surface area (TPSA) is 39.2 Å². The fraction of sp³-hybridized carbons (Fsp3) is 0.467. The SMILES string of the molecule is CC(=O)OCCCc1ccc(C#C[Si](C)(C)C)cn1. The number of pyridine rings is 1. The van der Waals surface area contributed by atoms with E-state index in [1.165, 1.54) is 6.92 Å². The highest BCUT2D eigenvalue weighted by atomic mass is 28.3. The highest BCUT2D eigenvalue weighted by molar-refractivity contribution is 6.83. The van der Waals surface area contributed by atoms with Crippen LogP contribution in [0.25, 0.3) is 0 Å². The first kappa shape index (κ1) is 15.5. The molecule has 1 heterocycles. The van der Waals surface area contributed by atoms with E-state index in [1.54, 1.807) is 0 Å². The van der Waals surface area contributed by atoms with Gasteiger partial charge in [0.25, 0.3) is 0 Å². The average Bonchev–Trinajstić information content (AvgIpc) is 2.32. The normalized spacial score (nSPS) is 10.5. The van der Waals surface area contributed by atoms with Crippen LogP contribution in [0, 0.1) is 11.5 Å². The van der Waals surface area contributed by atoms with E-state index in [1.807, 2.05) is 18.3 Å². The van der Waals surface area contributed by atoms with Gasteiger partial charge in [-0.2, -0.15) is 0 Å². The monoisotopic (exact) mass is 275 g/mol. The minimum atomic E-state index is -1.33. The zero-order chi connectivity index (χ0) is 14.3. The number of carbonyl (C=O) groups is 1. The average molecular weight is 275 g/mol. The molecule has 0 saturated carbocycles. The second kappa shape index (κ2) is 7.10. The van der Waals surface area contributed by atoms with E-state index in [-0.39, 0.29) is 5.97 Å². The molecular weight excluding hydrogens is 254 g/mol. The summed E-state index contributed by atoms with van der Waals surface area (Å²) in [6.07, 6.45) is 3.43. The van der Waals surface area contributed by atoms with Crippen molar-refractivity contribution in [1.82, 2.24) is 4.98 Å². The van der Waals surface area contributed by atoms with E-state index in [0.717, 1.165) is 24.1 Å². The summed E-state index contributed by atoms with van der Waals surface area (Å²) in [6, 6.07) is 3.99. The lowest BCUT2D eigenvalue weighted by Crippen LogP contribution is -2.16. The van der Waals surface area contributed by atoms with E-state index in [9.17, 15) is 4.79 Å². The molecule has 0 bridgehead atoms. The molecule has 1 rings (SSSR count). The molecule has 0 spiro atoms. The summed E-state index contributed by atoms with van der Waals surface area (Å²) in [4.78, 5) is 15.0. The number of aromatic nitrogens is 1. The standard InChI is InChI=1S/C15H21NO2Si/c1-13(17)18-10-5-6-15-8-7-14(12-16-15)9-11-19(2,3)4/h7-8,12H,5-6,10H2,1-4H3. The molecular formula is C15H21NO2Si. The van der Waals surface area contributed by atoms with Crippen LogP contribution >= 0.6 is 0 Å². The number of hydrogen-bond donors (Lipinski definition) is 0. The maximum atomic E-state index is 10.6. The van der Waals surface area contributed by atoms with Crippen molar-refractivity contribution in [2.24, 2.45) is 0 Å². The van der Waals surface area contributed by atoms with Crippen molar-refractivity contribution < 1.29 is 9.53 Å². The summed E-state index contributed by atoms with van der Waals surface area (Å²) in [7, 11) is -1.33. The van der Waals surface area contributed by atoms with E-state index < -0.39 is 8.07 Å². The Morgan fingerprint density at radius 2 is 2.11 bits per heavy atom. The van der Waals surface area contributed by atoms with E-state index >= 15 is 0 Å². The molecule has 0 amide bonds. The van der Waals surface area contributed by atoms with E-state index in [4.69, 9.17) is 4.74 Å². The summed E-state index contributed by atoms with van der Waals surface area (Å²) >= 11 is 0. The number of esters is 1. The first-order valence-corrected chi connectivity index (χ1v) is 9.98. The van der Waals surface area contributed by atoms with Crippen LogP contribution in [0.2, 0.25) is 19.6 Å². The van der Waals surface area contributed by atoms with Crippen LogP contribution in [0.15, 0.2) is 18.3 Å². The van der Waals surface area contributed by atoms with Crippen LogP contribution in [0.3, 0.4) is 0 Å². The predicted octanol–water partition coefficient (Wildman–Crippen LogP) is 2.81. The summed E-state index contributed by atoms with van der Waals surface area (Å²) in [6.45, 7) is 8.53. The van der Waals surface area contributed by atoms with Gasteiger partial charge in [0.15, 0.2) is 0 Å². The number of rotatable bonds is 4. The third kappa shape index (κ3) is 7.42. The third-order valence-corrected chi connectivity index (χ3v) is 3.16. The van der Waals surface area contributed by atoms with Gasteiger partial charge in [0, 0.05) is 24.4 Å². The molecule has 0 aromatic carbocycles. The molecule has 0 aliphatic rings. The summed E-state index contributed by atoms with van der Waals surface area (Å²) < 4.78 is 4.88. The maximum Gasteiger partial charge on any atom is 0.302 e. The van der Waals surface area contributed by atoms with Gasteiger partial charge in [0.1, 0.15) is 8.07 Å². The molecule has 0 saturated heterocycles. The van der Waals surface area contributed by atoms with Gasteiger partial charge in [-0.1, -0.05) is 25.6 Å². The fourth-order valence-electron chi connectivity index (χ4n) is 1.38. The quantitative estimate of drug-likeness (QED) is 0.367. The zero-order valence-corrected chi connectivity index (χ0v) is 13.1. The molecule has 0 aliphatic heterocycles. The molecule has 0 aliphatic carbocycles. The van der Waals surface area contributed by atoms with Crippen molar-refractivity contribution in [1.29, 1.82) is 0 Å². The van der Waals surface area contributed by atoms with Gasteiger partial charge in [-0.3, -0.25) is 9.78 Å². The number of nitrogens with zero attached hydrogens (tertiary/aromatic N) is 1. The van der Waals surface area contributed by atoms with Gasteiger partial charge in [-0.25, -0.2) is 0 Å². The molecule has 0 fully saturated rings. The Labute approximate surface area is 116 Å². The Hall–Kier alpha value is -1.60. The van der Waals surface area contributed by atoms with Crippen LogP contribution < -0.4 is 0 Å². The van der Waals surface area contributed by atoms with Gasteiger partial charge in [0.2, 0.25) is 0 Å². The Balaban J connectivity index is 2.47. The van der Waals surface area contributed by atoms with Gasteiger partial charge in [-0.05, 0) is 25.0 Å². The van der Waals surface area contributed by atoms with Gasteiger partial charge in [0.05, 0.1) is 6.61 Å². The molecule has 4 heteroatoms. The van der Waals surface area contributed by atoms with Crippen molar-refractivity contribution in [2.75, 3.05) is 6.61 Å². The fourth-order valence-corrected chi connectivity index (χ4v) is 1.89. The molecule has 0 atom stereocenters. The summed E-state index contributed by atoms with van der Waals surface area (Å²) in [5.41, 5.74) is 5.28. The number of hydrogen-bond acceptors (Lipinski definition) is 3. The molecule has 102 valence electrons. The number of carbonyl (C=O) groups excluding carboxylic acids is 1. The summed E-state index contributed by atoms with van der Waals surface area (Å²) in [5, 5.41) is 0. The second-order valence-electron chi connectivity index (χ2n) is 5.48. The minimum Gasteiger partial charge on any atom is -0.466 e. The van der Waals surface area contributed by atoms with Crippen LogP contribution in [-0.4, -0.2) is 25.6 Å². The van der Waals surface area contributed by atoms with Crippen molar-refractivity contribution in [3.63, 3.8) is 0 Å². The first-order chi connectivity index (χ1) is 8.87. The molecule has 0 radical (unpaired) electrons. The Morgan fingerprint density at radius 1 is 1.37 bits per heavy atom. The molecule has 0 unspecified atom stereocenters. The van der Waals surface area contributed by atoms with Crippen LogP contribution in [0.1, 0.15) is 24.6 Å². The Kier molecular flexibility index (Phi) is 5.78. The molecule has 1 aromatic heterocycles. The summed E-state index contributed by atoms with van der Waals surface area (Å²) in [5.74, 6) is 2.94. The van der Waals surface area contributed by atoms with Crippen molar-refractivity contribution in [3.05, 3.63) is 29.6 Å². The Morgan fingerprint density at radius 3 is 2.63 bits per heavy atom. The molecule has 0 N–H and O–H groups in total. The van der Waals surface area contributed by atoms with Gasteiger partial charge < -0.3 is 4.74 Å². The van der Waals surface area contributed by atoms with Crippen LogP contribution in [0.5, 0.6) is 0 Å². The third-order valence-electron chi connectivity index (χ3n) is 2.29. The molecule has 1 aromatic rings. The molecule has 19 heavy (non-hydrogen) atoms. The van der Waals surface area contributed by atoms with E-state index in [2.05, 4.69) is 36.1 Å². The lowest BCUT2D eigenvalue weighted by Gasteiger charge is -2.04. The van der Waals surface area contributed by atoms with Gasteiger partial charge >= 0.3 is 5.97 Å². The first-order valence-electron chi connectivity index (χ1n) is 6.48.